The molecule has 0 amide bonds. The minimum Gasteiger partial charge on any atom is -0.332 e. The first-order valence-corrected chi connectivity index (χ1v) is 5.69. The number of nitrogens with zero attached hydrogens (tertiary/aromatic N) is 2. The maximum Gasteiger partial charge on any atom is 0.317 e. The second-order valence-electron chi connectivity index (χ2n) is 1.94. The van der Waals surface area contributed by atoms with E-state index in [2.05, 4.69) is 26.3 Å². The molecule has 2 rings (SSSR count). The number of rotatable bonds is 0. The van der Waals surface area contributed by atoms with Crippen LogP contribution in [-0.2, 0) is 15.3 Å². The molecule has 2 aliphatic rings. The summed E-state index contributed by atoms with van der Waals surface area (Å²) >= 11 is 0. The van der Waals surface area contributed by atoms with Gasteiger partial charge in [0.05, 0.1) is 0 Å². The fourth-order valence-electron chi connectivity index (χ4n) is 0.611. The van der Waals surface area contributed by atoms with E-state index in [-0.39, 0.29) is 0 Å². The number of aromatic nitrogens is 2. The van der Waals surface area contributed by atoms with Crippen LogP contribution in [0.4, 0.5) is 0 Å². The molecule has 7 heteroatoms. The second kappa shape index (κ2) is 2.66. The predicted molar refractivity (Wildman–Crippen MR) is 42.8 cm³/mol. The molecule has 0 saturated carbocycles. The molecule has 11 heavy (non-hydrogen) atoms. The molecule has 0 saturated heterocycles. The van der Waals surface area contributed by atoms with Crippen molar-refractivity contribution >= 4 is 29.6 Å². The molecule has 0 unspecified atom stereocenters. The largest absolute Gasteiger partial charge is 0.332 e. The first-order chi connectivity index (χ1) is 4.88. The van der Waals surface area contributed by atoms with Crippen LogP contribution < -0.4 is 0 Å². The zero-order chi connectivity index (χ0) is 8.65. The van der Waals surface area contributed by atoms with Crippen molar-refractivity contribution in [1.82, 2.24) is 9.55 Å². The highest BCUT2D eigenvalue weighted by Crippen LogP contribution is 2.28. The van der Waals surface area contributed by atoms with E-state index in [1.807, 2.05) is 17.8 Å². The molecule has 0 fully saturated rings. The molecule has 0 bridgehead atoms. The molecule has 0 radical (unpaired) electrons. The smallest absolute Gasteiger partial charge is 0.317 e. The average molecular weight is 215 g/mol. The van der Waals surface area contributed by atoms with Gasteiger partial charge in [-0.2, -0.15) is 8.42 Å². The molecule has 0 aromatic rings. The van der Waals surface area contributed by atoms with E-state index in [1.54, 1.807) is 0 Å². The summed E-state index contributed by atoms with van der Waals surface area (Å²) < 4.78 is 20.3. The van der Waals surface area contributed by atoms with Crippen molar-refractivity contribution in [3.05, 3.63) is 6.20 Å². The van der Waals surface area contributed by atoms with E-state index in [0.29, 0.717) is 0 Å². The Morgan fingerprint density at radius 3 is 2.00 bits per heavy atom. The van der Waals surface area contributed by atoms with Gasteiger partial charge >= 0.3 is 8.26 Å². The lowest BCUT2D eigenvalue weighted by Gasteiger charge is -1.93. The Bertz CT molecular complexity index is 361. The van der Waals surface area contributed by atoms with Gasteiger partial charge in [-0.15, -0.1) is 0 Å². The minimum absolute atomic E-state index is 1.18. The van der Waals surface area contributed by atoms with Crippen LogP contribution in [0.15, 0.2) is 6.20 Å². The number of imidazole rings is 1. The summed E-state index contributed by atoms with van der Waals surface area (Å²) in [5.74, 6) is 1.18. The van der Waals surface area contributed by atoms with E-state index in [0.717, 1.165) is 0 Å². The van der Waals surface area contributed by atoms with Crippen LogP contribution in [0.2, 0.25) is 0 Å². The van der Waals surface area contributed by atoms with Crippen molar-refractivity contribution in [2.45, 2.75) is 0 Å². The van der Waals surface area contributed by atoms with Gasteiger partial charge in [0.15, 0.2) is 5.82 Å². The maximum atomic E-state index is 9.16. The molecule has 0 atom stereocenters. The van der Waals surface area contributed by atoms with Crippen LogP contribution in [0.3, 0.4) is 0 Å². The average Bonchev–Trinajstić information content (AvgIpc) is 2.35. The normalized spacial score (nSPS) is 11.9. The summed E-state index contributed by atoms with van der Waals surface area (Å²) in [6, 6.07) is 0. The molecule has 2 aliphatic heterocycles. The summed E-state index contributed by atoms with van der Waals surface area (Å²) in [6.45, 7) is 0. The topological polar surface area (TPSA) is 52.0 Å². The summed E-state index contributed by atoms with van der Waals surface area (Å²) in [5, 5.41) is 0. The number of hydrogen-bond donors (Lipinski definition) is 0. The summed E-state index contributed by atoms with van der Waals surface area (Å²) in [7, 11) is 6.81. The molecule has 0 spiro atoms. The van der Waals surface area contributed by atoms with Crippen molar-refractivity contribution < 1.29 is 8.42 Å². The van der Waals surface area contributed by atoms with Crippen LogP contribution in [0.1, 0.15) is 0 Å². The van der Waals surface area contributed by atoms with E-state index >= 15 is 0 Å². The van der Waals surface area contributed by atoms with Crippen LogP contribution >= 0.6 is 21.4 Å². The van der Waals surface area contributed by atoms with Gasteiger partial charge < -0.3 is 4.57 Å². The fourth-order valence-corrected chi connectivity index (χ4v) is 0.611. The molecular weight excluding hydrogens is 211 g/mol. The lowest BCUT2D eigenvalue weighted by Crippen LogP contribution is -1.89. The van der Waals surface area contributed by atoms with Gasteiger partial charge in [0, 0.05) is 34.6 Å². The second-order valence-corrected chi connectivity index (χ2v) is 5.61. The number of halogens is 2. The van der Waals surface area contributed by atoms with Gasteiger partial charge in [0.25, 0.3) is 0 Å². The van der Waals surface area contributed by atoms with Crippen LogP contribution in [0.5, 0.6) is 0 Å². The third-order valence-corrected chi connectivity index (χ3v) is 1.06. The molecule has 0 N–H and O–H groups in total. The summed E-state index contributed by atoms with van der Waals surface area (Å²) in [5.41, 5.74) is 1.19. The number of fused-ring (bicyclic) bond motifs is 1. The Morgan fingerprint density at radius 2 is 2.00 bits per heavy atom. The first kappa shape index (κ1) is 8.83. The van der Waals surface area contributed by atoms with Crippen LogP contribution in [0, 0.1) is 0 Å². The Kier molecular flexibility index (Phi) is 2.13. The van der Waals surface area contributed by atoms with E-state index in [1.165, 1.54) is 11.5 Å². The van der Waals surface area contributed by atoms with Crippen LogP contribution in [-0.4, -0.2) is 18.0 Å². The van der Waals surface area contributed by atoms with E-state index < -0.39 is 8.26 Å². The minimum atomic E-state index is -3.72. The lowest BCUT2D eigenvalue weighted by molar-refractivity contribution is 0.621. The third-order valence-electron chi connectivity index (χ3n) is 1.06. The van der Waals surface area contributed by atoms with Gasteiger partial charge in [-0.3, -0.25) is 0 Å². The van der Waals surface area contributed by atoms with Gasteiger partial charge in [-0.05, 0) is 0 Å². The van der Waals surface area contributed by atoms with Crippen molar-refractivity contribution in [2.75, 3.05) is 0 Å². The Morgan fingerprint density at radius 1 is 1.55 bits per heavy atom. The summed E-state index contributed by atoms with van der Waals surface area (Å²) in [4.78, 5) is 3.95. The molecule has 0 aromatic carbocycles. The molecule has 0 aromatic heterocycles. The van der Waals surface area contributed by atoms with Gasteiger partial charge in [0.2, 0.25) is 0 Å². The van der Waals surface area contributed by atoms with Gasteiger partial charge in [-0.25, -0.2) is 4.98 Å². The zero-order valence-electron chi connectivity index (χ0n) is 5.45. The van der Waals surface area contributed by atoms with Crippen molar-refractivity contribution in [3.63, 3.8) is 0 Å². The molecule has 4 nitrogen and oxygen atoms in total. The van der Waals surface area contributed by atoms with Crippen molar-refractivity contribution in [3.8, 4) is 11.5 Å². The monoisotopic (exact) mass is 214 g/mol. The van der Waals surface area contributed by atoms with Gasteiger partial charge in [0.1, 0.15) is 5.69 Å². The third kappa shape index (κ3) is 3.09. The number of hydrogen-bond acceptors (Lipinski definition) is 3. The molecule has 2 heterocycles. The van der Waals surface area contributed by atoms with Gasteiger partial charge in [-0.1, -0.05) is 0 Å². The highest BCUT2D eigenvalue weighted by Gasteiger charge is 2.20. The molecular formula is C4H4Cl2N2O2S. The standard InChI is InChI=1S/C4H4N2.Cl2O2S/c1-6-2-3-4(6)5-3;1-5(2,3)4/h2H,1H3;. The Labute approximate surface area is 72.7 Å². The van der Waals surface area contributed by atoms with Crippen LogP contribution in [0.25, 0.3) is 11.5 Å². The lowest BCUT2D eigenvalue weighted by atomic mass is 10.5. The summed E-state index contributed by atoms with van der Waals surface area (Å²) in [6.07, 6.45) is 2.01. The maximum absolute atomic E-state index is 9.16. The van der Waals surface area contributed by atoms with Crippen molar-refractivity contribution in [1.29, 1.82) is 0 Å². The Balaban J connectivity index is 0.000000114. The fraction of sp³-hybridized carbons (Fsp3) is 0.250. The SMILES string of the molecule is Cn1cc2nc1-2.O=S(=O)(Cl)Cl. The van der Waals surface area contributed by atoms with E-state index in [9.17, 15) is 0 Å². The zero-order valence-corrected chi connectivity index (χ0v) is 7.78. The predicted octanol–water partition coefficient (Wildman–Crippen LogP) is 1.11. The highest BCUT2D eigenvalue weighted by molar-refractivity contribution is 8.31. The molecule has 62 valence electrons. The molecule has 0 aliphatic carbocycles. The quantitative estimate of drug-likeness (QED) is 0.618. The first-order valence-electron chi connectivity index (χ1n) is 2.56. The van der Waals surface area contributed by atoms with Crippen molar-refractivity contribution in [2.24, 2.45) is 7.05 Å². The highest BCUT2D eigenvalue weighted by atomic mass is 36.0. The Hall–Kier alpha value is -0.260. The van der Waals surface area contributed by atoms with E-state index in [4.69, 9.17) is 8.42 Å². The number of aryl methyl sites for hydroxylation is 1.